The molecule has 1 heterocycles. The lowest BCUT2D eigenvalue weighted by Crippen LogP contribution is -2.36. The van der Waals surface area contributed by atoms with Crippen LogP contribution in [0, 0.1) is 13.8 Å². The minimum absolute atomic E-state index is 0. The number of hydrogen-bond acceptors (Lipinski definition) is 5. The monoisotopic (exact) mass is 502 g/mol. The van der Waals surface area contributed by atoms with Gasteiger partial charge >= 0.3 is 0 Å². The van der Waals surface area contributed by atoms with Gasteiger partial charge in [0.15, 0.2) is 5.96 Å². The number of rotatable bonds is 10. The first kappa shape index (κ1) is 24.4. The molecule has 0 aliphatic heterocycles. The molecule has 0 saturated carbocycles. The van der Waals surface area contributed by atoms with Gasteiger partial charge in [0.1, 0.15) is 5.76 Å². The first-order valence-corrected chi connectivity index (χ1v) is 9.23. The van der Waals surface area contributed by atoms with Gasteiger partial charge in [-0.2, -0.15) is 0 Å². The number of nitrogens with one attached hydrogen (secondary N) is 2. The van der Waals surface area contributed by atoms with Crippen molar-refractivity contribution in [3.05, 3.63) is 52.7 Å². The Bertz CT molecular complexity index is 714. The molecule has 0 spiro atoms. The van der Waals surface area contributed by atoms with Gasteiger partial charge in [-0.05, 0) is 31.9 Å². The van der Waals surface area contributed by atoms with Gasteiger partial charge < -0.3 is 24.5 Å². The van der Waals surface area contributed by atoms with Crippen molar-refractivity contribution in [3.63, 3.8) is 0 Å². The van der Waals surface area contributed by atoms with E-state index in [0.29, 0.717) is 44.8 Å². The van der Waals surface area contributed by atoms with Crippen LogP contribution in [0.1, 0.15) is 35.4 Å². The highest BCUT2D eigenvalue weighted by atomic mass is 127. The van der Waals surface area contributed by atoms with E-state index in [0.717, 1.165) is 29.2 Å². The zero-order valence-corrected chi connectivity index (χ0v) is 19.4. The van der Waals surface area contributed by atoms with Crippen molar-refractivity contribution < 1.29 is 13.9 Å². The summed E-state index contributed by atoms with van der Waals surface area (Å²) in [4.78, 5) is 8.59. The first-order chi connectivity index (χ1) is 13.1. The molecule has 0 unspecified atom stereocenters. The predicted octanol–water partition coefficient (Wildman–Crippen LogP) is 3.33. The van der Waals surface area contributed by atoms with E-state index >= 15 is 0 Å². The maximum absolute atomic E-state index is 5.62. The highest BCUT2D eigenvalue weighted by Crippen LogP contribution is 2.08. The Morgan fingerprint density at radius 1 is 1.11 bits per heavy atom. The summed E-state index contributed by atoms with van der Waals surface area (Å²) in [6.07, 6.45) is 0. The second-order valence-electron chi connectivity index (χ2n) is 6.10. The van der Waals surface area contributed by atoms with Crippen LogP contribution in [0.2, 0.25) is 0 Å². The second kappa shape index (κ2) is 13.5. The third kappa shape index (κ3) is 8.57. The van der Waals surface area contributed by atoms with E-state index in [4.69, 9.17) is 13.9 Å². The number of hydrogen-bond donors (Lipinski definition) is 2. The van der Waals surface area contributed by atoms with Gasteiger partial charge in [-0.1, -0.05) is 24.3 Å². The van der Waals surface area contributed by atoms with Gasteiger partial charge in [0.05, 0.1) is 32.1 Å². The molecular weight excluding hydrogens is 471 g/mol. The summed E-state index contributed by atoms with van der Waals surface area (Å²) in [6.45, 7) is 9.50. The number of ether oxygens (including phenoxy) is 2. The lowest BCUT2D eigenvalue weighted by molar-refractivity contribution is 0.0453. The van der Waals surface area contributed by atoms with Crippen LogP contribution in [0.15, 0.2) is 33.7 Å². The maximum Gasteiger partial charge on any atom is 0.214 e. The Morgan fingerprint density at radius 2 is 1.82 bits per heavy atom. The van der Waals surface area contributed by atoms with Gasteiger partial charge in [0, 0.05) is 20.2 Å². The highest BCUT2D eigenvalue weighted by Gasteiger charge is 2.06. The van der Waals surface area contributed by atoms with E-state index in [9.17, 15) is 0 Å². The van der Waals surface area contributed by atoms with E-state index in [2.05, 4.69) is 38.8 Å². The Kier molecular flexibility index (Phi) is 11.8. The third-order valence-corrected chi connectivity index (χ3v) is 4.00. The molecule has 0 fully saturated rings. The van der Waals surface area contributed by atoms with Crippen molar-refractivity contribution in [2.24, 2.45) is 4.99 Å². The van der Waals surface area contributed by atoms with Crippen LogP contribution in [-0.4, -0.2) is 37.8 Å². The summed E-state index contributed by atoms with van der Waals surface area (Å²) >= 11 is 0. The van der Waals surface area contributed by atoms with Crippen molar-refractivity contribution in [3.8, 4) is 0 Å². The zero-order chi connectivity index (χ0) is 19.5. The molecule has 2 N–H and O–H groups in total. The smallest absolute Gasteiger partial charge is 0.214 e. The molecule has 0 saturated heterocycles. The minimum atomic E-state index is 0. The summed E-state index contributed by atoms with van der Waals surface area (Å²) in [6, 6.07) is 8.30. The molecule has 1 aromatic carbocycles. The van der Waals surface area contributed by atoms with Crippen molar-refractivity contribution in [2.45, 2.75) is 40.5 Å². The van der Waals surface area contributed by atoms with Crippen LogP contribution in [0.4, 0.5) is 0 Å². The van der Waals surface area contributed by atoms with Crippen molar-refractivity contribution in [2.75, 3.05) is 26.9 Å². The summed E-state index contributed by atoms with van der Waals surface area (Å²) < 4.78 is 16.5. The zero-order valence-electron chi connectivity index (χ0n) is 17.1. The predicted molar refractivity (Wildman–Crippen MR) is 121 cm³/mol. The number of aryl methyl sites for hydroxylation is 2. The highest BCUT2D eigenvalue weighted by molar-refractivity contribution is 14.0. The van der Waals surface area contributed by atoms with Crippen LogP contribution in [0.3, 0.4) is 0 Å². The number of halogens is 1. The van der Waals surface area contributed by atoms with Gasteiger partial charge in [-0.3, -0.25) is 4.99 Å². The minimum Gasteiger partial charge on any atom is -0.444 e. The molecule has 156 valence electrons. The van der Waals surface area contributed by atoms with Crippen molar-refractivity contribution >= 4 is 29.9 Å². The summed E-state index contributed by atoms with van der Waals surface area (Å²) in [5.74, 6) is 2.19. The lowest BCUT2D eigenvalue weighted by atomic mass is 10.1. The molecule has 7 nitrogen and oxygen atoms in total. The molecule has 0 bridgehead atoms. The van der Waals surface area contributed by atoms with Crippen LogP contribution in [0.25, 0.3) is 0 Å². The molecule has 2 aromatic rings. The lowest BCUT2D eigenvalue weighted by Gasteiger charge is -2.11. The normalized spacial score (nSPS) is 11.2. The average Bonchev–Trinajstić information content (AvgIpc) is 3.00. The molecular formula is C20H31IN4O3. The largest absolute Gasteiger partial charge is 0.444 e. The summed E-state index contributed by atoms with van der Waals surface area (Å²) in [5.41, 5.74) is 3.21. The van der Waals surface area contributed by atoms with E-state index in [1.807, 2.05) is 26.8 Å². The molecule has 0 amide bonds. The quantitative estimate of drug-likeness (QED) is 0.225. The van der Waals surface area contributed by atoms with Crippen molar-refractivity contribution in [1.29, 1.82) is 0 Å². The number of oxazole rings is 1. The maximum atomic E-state index is 5.62. The van der Waals surface area contributed by atoms with Gasteiger partial charge in [0.2, 0.25) is 5.89 Å². The molecule has 0 aliphatic rings. The molecule has 1 aromatic heterocycles. The van der Waals surface area contributed by atoms with Crippen molar-refractivity contribution in [1.82, 2.24) is 15.6 Å². The molecule has 8 heteroatoms. The Labute approximate surface area is 184 Å². The molecule has 2 rings (SSSR count). The fraction of sp³-hybridized carbons (Fsp3) is 0.500. The molecule has 0 radical (unpaired) electrons. The molecule has 0 aliphatic carbocycles. The fourth-order valence-corrected chi connectivity index (χ4v) is 2.46. The van der Waals surface area contributed by atoms with E-state index in [1.54, 1.807) is 7.05 Å². The van der Waals surface area contributed by atoms with Crippen LogP contribution in [-0.2, 0) is 29.2 Å². The fourth-order valence-electron chi connectivity index (χ4n) is 2.46. The standard InChI is InChI=1S/C20H30N4O3.HI/c1-5-25-9-10-26-14-18-8-6-7-17(11-18)12-22-20(21-4)23-13-19-24-15(2)16(3)27-19;/h6-8,11H,5,9-10,12-14H2,1-4H3,(H2,21,22,23);1H. The number of aliphatic imine (C=N–C) groups is 1. The third-order valence-electron chi connectivity index (χ3n) is 4.00. The Morgan fingerprint density at radius 3 is 2.50 bits per heavy atom. The number of nitrogens with zero attached hydrogens (tertiary/aromatic N) is 2. The molecule has 0 atom stereocenters. The Balaban J connectivity index is 0.00000392. The Hall–Kier alpha value is -1.65. The molecule has 28 heavy (non-hydrogen) atoms. The summed E-state index contributed by atoms with van der Waals surface area (Å²) in [7, 11) is 1.74. The van der Waals surface area contributed by atoms with E-state index in [-0.39, 0.29) is 24.0 Å². The van der Waals surface area contributed by atoms with Gasteiger partial charge in [-0.25, -0.2) is 4.98 Å². The number of aromatic nitrogens is 1. The van der Waals surface area contributed by atoms with Gasteiger partial charge in [-0.15, -0.1) is 24.0 Å². The number of benzene rings is 1. The van der Waals surface area contributed by atoms with Crippen LogP contribution in [0.5, 0.6) is 0 Å². The summed E-state index contributed by atoms with van der Waals surface area (Å²) in [5, 5.41) is 6.51. The first-order valence-electron chi connectivity index (χ1n) is 9.23. The topological polar surface area (TPSA) is 80.9 Å². The van der Waals surface area contributed by atoms with Gasteiger partial charge in [0.25, 0.3) is 0 Å². The van der Waals surface area contributed by atoms with E-state index < -0.39 is 0 Å². The average molecular weight is 502 g/mol. The van der Waals surface area contributed by atoms with Crippen LogP contribution >= 0.6 is 24.0 Å². The SMILES string of the molecule is CCOCCOCc1cccc(CNC(=NC)NCc2nc(C)c(C)o2)c1.I. The number of guanidine groups is 1. The van der Waals surface area contributed by atoms with E-state index in [1.165, 1.54) is 0 Å². The second-order valence-corrected chi connectivity index (χ2v) is 6.10. The van der Waals surface area contributed by atoms with Crippen LogP contribution < -0.4 is 10.6 Å².